The number of amides is 3. The second-order valence-electron chi connectivity index (χ2n) is 7.68. The first-order chi connectivity index (χ1) is 15.2. The Balaban J connectivity index is 1.67. The summed E-state index contributed by atoms with van der Waals surface area (Å²) in [6, 6.07) is 10.2. The number of imide groups is 1. The molecule has 5 nitrogen and oxygen atoms in total. The molecule has 2 aromatic carbocycles. The maximum atomic E-state index is 14.9. The van der Waals surface area contributed by atoms with Crippen LogP contribution in [0.5, 0.6) is 0 Å². The Morgan fingerprint density at radius 1 is 1.06 bits per heavy atom. The van der Waals surface area contributed by atoms with Crippen LogP contribution >= 0.6 is 11.3 Å². The normalized spacial score (nSPS) is 18.5. The Morgan fingerprint density at radius 2 is 1.69 bits per heavy atom. The van der Waals surface area contributed by atoms with Crippen LogP contribution in [0.3, 0.4) is 0 Å². The Hall–Kier alpha value is -3.57. The molecule has 4 rings (SSSR count). The van der Waals surface area contributed by atoms with Crippen molar-refractivity contribution < 1.29 is 18.4 Å². The average Bonchev–Trinajstić information content (AvgIpc) is 3.20. The molecule has 2 heterocycles. The van der Waals surface area contributed by atoms with Crippen LogP contribution in [0.1, 0.15) is 35.2 Å². The lowest BCUT2D eigenvalue weighted by Crippen LogP contribution is -2.60. The van der Waals surface area contributed by atoms with Crippen molar-refractivity contribution in [3.8, 4) is 11.8 Å². The third kappa shape index (κ3) is 3.76. The molecule has 1 atom stereocenters. The van der Waals surface area contributed by atoms with Gasteiger partial charge in [-0.15, -0.1) is 11.3 Å². The number of thiazole rings is 1. The van der Waals surface area contributed by atoms with Crippen molar-refractivity contribution >= 4 is 29.0 Å². The maximum Gasteiger partial charge on any atom is 0.332 e. The van der Waals surface area contributed by atoms with E-state index in [1.165, 1.54) is 23.3 Å². The molecule has 1 fully saturated rings. The van der Waals surface area contributed by atoms with Crippen molar-refractivity contribution in [3.63, 3.8) is 0 Å². The van der Waals surface area contributed by atoms with E-state index in [1.54, 1.807) is 36.6 Å². The largest absolute Gasteiger partial charge is 0.332 e. The van der Waals surface area contributed by atoms with Gasteiger partial charge in [-0.3, -0.25) is 4.79 Å². The van der Waals surface area contributed by atoms with Gasteiger partial charge < -0.3 is 4.90 Å². The minimum Gasteiger partial charge on any atom is -0.315 e. The molecule has 1 unspecified atom stereocenters. The molecule has 162 valence electrons. The third-order valence-corrected chi connectivity index (χ3v) is 6.27. The molecule has 0 bridgehead atoms. The first-order valence-corrected chi connectivity index (χ1v) is 10.7. The number of rotatable bonds is 2. The van der Waals surface area contributed by atoms with E-state index in [-0.39, 0.29) is 12.0 Å². The van der Waals surface area contributed by atoms with Crippen molar-refractivity contribution in [3.05, 3.63) is 81.3 Å². The maximum absolute atomic E-state index is 14.9. The fourth-order valence-corrected chi connectivity index (χ4v) is 4.31. The number of hydrogen-bond donors (Lipinski definition) is 0. The molecule has 0 radical (unpaired) electrons. The zero-order chi connectivity index (χ0) is 23.0. The van der Waals surface area contributed by atoms with E-state index in [2.05, 4.69) is 16.8 Å². The summed E-state index contributed by atoms with van der Waals surface area (Å²) in [6.45, 7) is 3.53. The summed E-state index contributed by atoms with van der Waals surface area (Å²) in [5.41, 5.74) is -0.355. The van der Waals surface area contributed by atoms with Crippen LogP contribution in [0.25, 0.3) is 0 Å². The van der Waals surface area contributed by atoms with Gasteiger partial charge >= 0.3 is 6.03 Å². The summed E-state index contributed by atoms with van der Waals surface area (Å²) in [6.07, 6.45) is -0.160. The van der Waals surface area contributed by atoms with Gasteiger partial charge in [-0.1, -0.05) is 30.0 Å². The van der Waals surface area contributed by atoms with Gasteiger partial charge in [0, 0.05) is 23.6 Å². The SMILES string of the molecule is Cc1nc(C2(C)CC(=O)N(c3c(F)cc(C#Cc4ccccc4)cc3F)C(=O)N2C)cs1. The third-order valence-electron chi connectivity index (χ3n) is 5.50. The lowest BCUT2D eigenvalue weighted by molar-refractivity contribution is -0.122. The summed E-state index contributed by atoms with van der Waals surface area (Å²) in [5, 5.41) is 2.57. The topological polar surface area (TPSA) is 53.5 Å². The van der Waals surface area contributed by atoms with E-state index in [4.69, 9.17) is 0 Å². The van der Waals surface area contributed by atoms with E-state index in [1.807, 2.05) is 13.0 Å². The van der Waals surface area contributed by atoms with Crippen molar-refractivity contribution in [2.24, 2.45) is 0 Å². The van der Waals surface area contributed by atoms with E-state index < -0.39 is 34.8 Å². The van der Waals surface area contributed by atoms with E-state index in [0.29, 0.717) is 16.2 Å². The molecule has 1 aromatic heterocycles. The van der Waals surface area contributed by atoms with Crippen LogP contribution in [-0.2, 0) is 10.3 Å². The quantitative estimate of drug-likeness (QED) is 0.525. The molecule has 3 amide bonds. The number of benzene rings is 2. The highest BCUT2D eigenvalue weighted by molar-refractivity contribution is 7.09. The average molecular weight is 451 g/mol. The molecule has 1 aliphatic rings. The molecule has 32 heavy (non-hydrogen) atoms. The lowest BCUT2D eigenvalue weighted by Gasteiger charge is -2.44. The van der Waals surface area contributed by atoms with Gasteiger partial charge in [-0.2, -0.15) is 0 Å². The van der Waals surface area contributed by atoms with E-state index in [9.17, 15) is 18.4 Å². The first-order valence-electron chi connectivity index (χ1n) is 9.80. The molecular weight excluding hydrogens is 432 g/mol. The minimum atomic E-state index is -1.04. The molecule has 1 aliphatic heterocycles. The number of hydrogen-bond acceptors (Lipinski definition) is 4. The van der Waals surface area contributed by atoms with Crippen LogP contribution in [0.4, 0.5) is 19.3 Å². The Labute approximate surface area is 188 Å². The molecule has 0 spiro atoms. The molecule has 1 saturated heterocycles. The van der Waals surface area contributed by atoms with Gasteiger partial charge in [0.2, 0.25) is 5.91 Å². The Bertz CT molecular complexity index is 1260. The van der Waals surface area contributed by atoms with Crippen molar-refractivity contribution in [1.82, 2.24) is 9.88 Å². The van der Waals surface area contributed by atoms with Crippen LogP contribution in [0.15, 0.2) is 47.8 Å². The second kappa shape index (κ2) is 8.17. The number of urea groups is 1. The van der Waals surface area contributed by atoms with Crippen molar-refractivity contribution in [2.75, 3.05) is 11.9 Å². The Kier molecular flexibility index (Phi) is 5.53. The van der Waals surface area contributed by atoms with Gasteiger partial charge in [0.25, 0.3) is 0 Å². The number of nitrogens with zero attached hydrogens (tertiary/aromatic N) is 3. The minimum absolute atomic E-state index is 0.0978. The van der Waals surface area contributed by atoms with Crippen molar-refractivity contribution in [2.45, 2.75) is 25.8 Å². The Morgan fingerprint density at radius 3 is 2.28 bits per heavy atom. The van der Waals surface area contributed by atoms with Gasteiger partial charge in [-0.05, 0) is 38.1 Å². The monoisotopic (exact) mass is 451 g/mol. The van der Waals surface area contributed by atoms with Crippen LogP contribution in [-0.4, -0.2) is 28.9 Å². The van der Waals surface area contributed by atoms with Gasteiger partial charge in [-0.25, -0.2) is 23.5 Å². The van der Waals surface area contributed by atoms with Crippen LogP contribution < -0.4 is 4.90 Å². The smallest absolute Gasteiger partial charge is 0.315 e. The highest BCUT2D eigenvalue weighted by Crippen LogP contribution is 2.39. The molecule has 0 aliphatic carbocycles. The van der Waals surface area contributed by atoms with E-state index in [0.717, 1.165) is 17.1 Å². The number of halogens is 2. The fourth-order valence-electron chi connectivity index (χ4n) is 3.57. The molecule has 3 aromatic rings. The number of carbonyl (C=O) groups is 2. The summed E-state index contributed by atoms with van der Waals surface area (Å²) in [7, 11) is 1.49. The molecule has 0 N–H and O–H groups in total. The lowest BCUT2D eigenvalue weighted by atomic mass is 9.89. The number of anilines is 1. The zero-order valence-corrected chi connectivity index (χ0v) is 18.5. The second-order valence-corrected chi connectivity index (χ2v) is 8.74. The summed E-state index contributed by atoms with van der Waals surface area (Å²) in [4.78, 5) is 32.3. The van der Waals surface area contributed by atoms with E-state index >= 15 is 0 Å². The number of carbonyl (C=O) groups excluding carboxylic acids is 2. The molecule has 8 heteroatoms. The highest BCUT2D eigenvalue weighted by Gasteiger charge is 2.48. The van der Waals surface area contributed by atoms with Crippen molar-refractivity contribution in [1.29, 1.82) is 0 Å². The zero-order valence-electron chi connectivity index (χ0n) is 17.6. The van der Waals surface area contributed by atoms with Gasteiger partial charge in [0.1, 0.15) is 5.69 Å². The number of aromatic nitrogens is 1. The summed E-state index contributed by atoms with van der Waals surface area (Å²) in [5.74, 6) is 2.75. The van der Waals surface area contributed by atoms with Gasteiger partial charge in [0.05, 0.1) is 22.7 Å². The standard InChI is InChI=1S/C24H19F2N3O2S/c1-15-27-20(14-32-15)24(2)13-21(30)29(23(31)28(24)3)22-18(25)11-17(12-19(22)26)10-9-16-7-5-4-6-8-16/h4-8,11-12,14H,13H2,1-3H3. The molecular formula is C24H19F2N3O2S. The predicted octanol–water partition coefficient (Wildman–Crippen LogP) is 4.83. The first kappa shape index (κ1) is 21.7. The van der Waals surface area contributed by atoms with Crippen LogP contribution in [0.2, 0.25) is 0 Å². The predicted molar refractivity (Wildman–Crippen MR) is 118 cm³/mol. The van der Waals surface area contributed by atoms with Crippen LogP contribution in [0, 0.1) is 30.4 Å². The number of aryl methyl sites for hydroxylation is 1. The summed E-state index contributed by atoms with van der Waals surface area (Å²) < 4.78 is 29.9. The highest BCUT2D eigenvalue weighted by atomic mass is 32.1. The summed E-state index contributed by atoms with van der Waals surface area (Å²) >= 11 is 1.40. The fraction of sp³-hybridized carbons (Fsp3) is 0.208. The van der Waals surface area contributed by atoms with Gasteiger partial charge in [0.15, 0.2) is 11.6 Å². The molecule has 0 saturated carbocycles.